The van der Waals surface area contributed by atoms with E-state index < -0.39 is 9.84 Å². The van der Waals surface area contributed by atoms with Gasteiger partial charge in [-0.25, -0.2) is 12.8 Å². The van der Waals surface area contributed by atoms with Crippen LogP contribution in [0.15, 0.2) is 24.3 Å². The maximum absolute atomic E-state index is 13.0. The summed E-state index contributed by atoms with van der Waals surface area (Å²) in [6, 6.07) is 5.60. The lowest BCUT2D eigenvalue weighted by Crippen LogP contribution is -2.42. The van der Waals surface area contributed by atoms with Crippen LogP contribution in [0.1, 0.15) is 32.3 Å². The van der Waals surface area contributed by atoms with Gasteiger partial charge in [-0.15, -0.1) is 0 Å². The summed E-state index contributed by atoms with van der Waals surface area (Å²) in [5.41, 5.74) is 0.781. The molecule has 1 aromatic carbocycles. The Bertz CT molecular complexity index is 749. The van der Waals surface area contributed by atoms with Crippen molar-refractivity contribution in [1.29, 1.82) is 0 Å². The van der Waals surface area contributed by atoms with Crippen LogP contribution in [0, 0.1) is 5.82 Å². The molecule has 0 spiro atoms. The van der Waals surface area contributed by atoms with E-state index in [4.69, 9.17) is 0 Å². The lowest BCUT2D eigenvalue weighted by Gasteiger charge is -2.28. The first-order valence-electron chi connectivity index (χ1n) is 8.71. The van der Waals surface area contributed by atoms with Gasteiger partial charge in [0.25, 0.3) is 0 Å². The van der Waals surface area contributed by atoms with Crippen molar-refractivity contribution in [1.82, 2.24) is 9.80 Å². The first kappa shape index (κ1) is 20.4. The lowest BCUT2D eigenvalue weighted by molar-refractivity contribution is -0.134. The fourth-order valence-electron chi connectivity index (χ4n) is 3.19. The Morgan fingerprint density at radius 2 is 1.88 bits per heavy atom. The van der Waals surface area contributed by atoms with E-state index in [0.717, 1.165) is 5.56 Å². The highest BCUT2D eigenvalue weighted by molar-refractivity contribution is 7.91. The highest BCUT2D eigenvalue weighted by Crippen LogP contribution is 2.18. The molecule has 26 heavy (non-hydrogen) atoms. The molecule has 2 rings (SSSR count). The SMILES string of the molecule is CCN(C(=O)CCN(Cc1ccc(F)cc1)C(C)=O)C1CCS(=O)(=O)C1. The van der Waals surface area contributed by atoms with Crippen LogP contribution in [0.5, 0.6) is 0 Å². The highest BCUT2D eigenvalue weighted by atomic mass is 32.2. The van der Waals surface area contributed by atoms with Crippen LogP contribution in [-0.2, 0) is 26.0 Å². The lowest BCUT2D eigenvalue weighted by atomic mass is 10.2. The number of nitrogens with zero attached hydrogens (tertiary/aromatic N) is 2. The van der Waals surface area contributed by atoms with Gasteiger partial charge in [0.15, 0.2) is 9.84 Å². The first-order chi connectivity index (χ1) is 12.2. The molecule has 1 fully saturated rings. The second-order valence-corrected chi connectivity index (χ2v) is 8.78. The van der Waals surface area contributed by atoms with Crippen LogP contribution in [0.25, 0.3) is 0 Å². The summed E-state index contributed by atoms with van der Waals surface area (Å²) >= 11 is 0. The molecule has 8 heteroatoms. The molecule has 0 aromatic heterocycles. The largest absolute Gasteiger partial charge is 0.339 e. The van der Waals surface area contributed by atoms with Crippen LogP contribution in [-0.4, -0.2) is 60.7 Å². The summed E-state index contributed by atoms with van der Waals surface area (Å²) < 4.78 is 36.3. The molecule has 0 bridgehead atoms. The van der Waals surface area contributed by atoms with Gasteiger partial charge in [0.2, 0.25) is 11.8 Å². The Morgan fingerprint density at radius 3 is 2.38 bits per heavy atom. The fourth-order valence-corrected chi connectivity index (χ4v) is 4.92. The molecule has 144 valence electrons. The Morgan fingerprint density at radius 1 is 1.23 bits per heavy atom. The smallest absolute Gasteiger partial charge is 0.224 e. The zero-order chi connectivity index (χ0) is 19.3. The van der Waals surface area contributed by atoms with Crippen molar-refractivity contribution in [3.8, 4) is 0 Å². The molecule has 1 aromatic rings. The molecular formula is C18H25FN2O4S. The topological polar surface area (TPSA) is 74.8 Å². The molecule has 0 radical (unpaired) electrons. The number of hydrogen-bond donors (Lipinski definition) is 0. The summed E-state index contributed by atoms with van der Waals surface area (Å²) in [6.07, 6.45) is 0.596. The molecule has 1 atom stereocenters. The zero-order valence-electron chi connectivity index (χ0n) is 15.2. The Labute approximate surface area is 153 Å². The molecule has 1 unspecified atom stereocenters. The molecule has 0 N–H and O–H groups in total. The minimum atomic E-state index is -3.06. The predicted molar refractivity (Wildman–Crippen MR) is 96.6 cm³/mol. The maximum atomic E-state index is 13.0. The average Bonchev–Trinajstić information content (AvgIpc) is 2.93. The second kappa shape index (κ2) is 8.62. The van der Waals surface area contributed by atoms with Crippen molar-refractivity contribution in [2.45, 2.75) is 39.3 Å². The standard InChI is InChI=1S/C18H25FN2O4S/c1-3-21(17-9-11-26(24,25)13-17)18(23)8-10-20(14(2)22)12-15-4-6-16(19)7-5-15/h4-7,17H,3,8-13H2,1-2H3. The van der Waals surface area contributed by atoms with Crippen molar-refractivity contribution in [2.75, 3.05) is 24.6 Å². The number of halogens is 1. The fraction of sp³-hybridized carbons (Fsp3) is 0.556. The van der Waals surface area contributed by atoms with E-state index in [1.165, 1.54) is 24.0 Å². The molecule has 6 nitrogen and oxygen atoms in total. The molecule has 0 aliphatic carbocycles. The van der Waals surface area contributed by atoms with Gasteiger partial charge >= 0.3 is 0 Å². The van der Waals surface area contributed by atoms with Gasteiger partial charge in [0.1, 0.15) is 5.82 Å². The predicted octanol–water partition coefficient (Wildman–Crippen LogP) is 1.60. The molecule has 2 amide bonds. The number of carbonyl (C=O) groups is 2. The summed E-state index contributed by atoms with van der Waals surface area (Å²) in [5, 5.41) is 0. The monoisotopic (exact) mass is 384 g/mol. The van der Waals surface area contributed by atoms with Gasteiger partial charge in [0, 0.05) is 39.0 Å². The van der Waals surface area contributed by atoms with Crippen molar-refractivity contribution in [2.24, 2.45) is 0 Å². The summed E-state index contributed by atoms with van der Waals surface area (Å²) in [5.74, 6) is -0.540. The number of hydrogen-bond acceptors (Lipinski definition) is 4. The quantitative estimate of drug-likeness (QED) is 0.716. The normalized spacial score (nSPS) is 18.5. The summed E-state index contributed by atoms with van der Waals surface area (Å²) in [6.45, 7) is 4.23. The summed E-state index contributed by atoms with van der Waals surface area (Å²) in [4.78, 5) is 27.5. The number of sulfone groups is 1. The third kappa shape index (κ3) is 5.52. The third-order valence-corrected chi connectivity index (χ3v) is 6.39. The van der Waals surface area contributed by atoms with Crippen molar-refractivity contribution in [3.05, 3.63) is 35.6 Å². The second-order valence-electron chi connectivity index (χ2n) is 6.55. The van der Waals surface area contributed by atoms with E-state index in [-0.39, 0.29) is 48.1 Å². The van der Waals surface area contributed by atoms with Gasteiger partial charge in [-0.05, 0) is 31.0 Å². The van der Waals surface area contributed by atoms with Gasteiger partial charge in [-0.1, -0.05) is 12.1 Å². The Hall–Kier alpha value is -1.96. The number of benzene rings is 1. The van der Waals surface area contributed by atoms with Crippen LogP contribution >= 0.6 is 0 Å². The Balaban J connectivity index is 1.95. The van der Waals surface area contributed by atoms with E-state index in [0.29, 0.717) is 19.5 Å². The van der Waals surface area contributed by atoms with Crippen LogP contribution in [0.3, 0.4) is 0 Å². The van der Waals surface area contributed by atoms with Gasteiger partial charge in [0.05, 0.1) is 11.5 Å². The van der Waals surface area contributed by atoms with Gasteiger partial charge in [-0.3, -0.25) is 9.59 Å². The van der Waals surface area contributed by atoms with E-state index >= 15 is 0 Å². The van der Waals surface area contributed by atoms with E-state index in [1.54, 1.807) is 17.0 Å². The third-order valence-electron chi connectivity index (χ3n) is 4.64. The molecule has 1 heterocycles. The maximum Gasteiger partial charge on any atom is 0.224 e. The molecule has 1 aliphatic rings. The first-order valence-corrected chi connectivity index (χ1v) is 10.5. The van der Waals surface area contributed by atoms with Crippen molar-refractivity contribution in [3.63, 3.8) is 0 Å². The average molecular weight is 384 g/mol. The molecule has 1 saturated heterocycles. The Kier molecular flexibility index (Phi) is 6.75. The number of amides is 2. The number of carbonyl (C=O) groups excluding carboxylic acids is 2. The minimum Gasteiger partial charge on any atom is -0.339 e. The van der Waals surface area contributed by atoms with E-state index in [1.807, 2.05) is 6.92 Å². The molecular weight excluding hydrogens is 359 g/mol. The number of rotatable bonds is 7. The van der Waals surface area contributed by atoms with Crippen molar-refractivity contribution >= 4 is 21.7 Å². The van der Waals surface area contributed by atoms with Crippen molar-refractivity contribution < 1.29 is 22.4 Å². The van der Waals surface area contributed by atoms with Crippen LogP contribution in [0.2, 0.25) is 0 Å². The van der Waals surface area contributed by atoms with E-state index in [2.05, 4.69) is 0 Å². The van der Waals surface area contributed by atoms with Crippen LogP contribution in [0.4, 0.5) is 4.39 Å². The summed E-state index contributed by atoms with van der Waals surface area (Å²) in [7, 11) is -3.06. The zero-order valence-corrected chi connectivity index (χ0v) is 16.0. The van der Waals surface area contributed by atoms with E-state index in [9.17, 15) is 22.4 Å². The minimum absolute atomic E-state index is 0.0125. The molecule has 0 saturated carbocycles. The highest BCUT2D eigenvalue weighted by Gasteiger charge is 2.33. The molecule has 1 aliphatic heterocycles. The van der Waals surface area contributed by atoms with Gasteiger partial charge < -0.3 is 9.80 Å². The van der Waals surface area contributed by atoms with Crippen LogP contribution < -0.4 is 0 Å². The van der Waals surface area contributed by atoms with Gasteiger partial charge in [-0.2, -0.15) is 0 Å².